The predicted octanol–water partition coefficient (Wildman–Crippen LogP) is 2.28. The lowest BCUT2D eigenvalue weighted by atomic mass is 10.1. The number of aryl methyl sites for hydroxylation is 1. The third-order valence-electron chi connectivity index (χ3n) is 3.07. The molecule has 1 aromatic carbocycles. The van der Waals surface area contributed by atoms with E-state index in [1.807, 2.05) is 12.3 Å². The van der Waals surface area contributed by atoms with Gasteiger partial charge in [0.15, 0.2) is 4.77 Å². The van der Waals surface area contributed by atoms with Gasteiger partial charge in [-0.3, -0.25) is 14.6 Å². The van der Waals surface area contributed by atoms with Gasteiger partial charge in [0.25, 0.3) is 11.5 Å². The number of carbonyl (C=O) groups is 1. The van der Waals surface area contributed by atoms with Crippen LogP contribution in [0.4, 0.5) is 0 Å². The van der Waals surface area contributed by atoms with E-state index in [0.717, 1.165) is 10.7 Å². The predicted molar refractivity (Wildman–Crippen MR) is 87.8 cm³/mol. The van der Waals surface area contributed by atoms with E-state index in [2.05, 4.69) is 20.3 Å². The molecule has 3 aromatic rings. The number of nitrogens with zero attached hydrogens (tertiary/aromatic N) is 1. The van der Waals surface area contributed by atoms with Crippen molar-refractivity contribution in [2.75, 3.05) is 0 Å². The number of benzene rings is 1. The second-order valence-corrected chi connectivity index (χ2v) is 6.08. The maximum Gasteiger partial charge on any atom is 0.259 e. The van der Waals surface area contributed by atoms with Crippen molar-refractivity contribution in [3.8, 4) is 0 Å². The summed E-state index contributed by atoms with van der Waals surface area (Å²) in [4.78, 5) is 33.6. The van der Waals surface area contributed by atoms with Crippen molar-refractivity contribution >= 4 is 40.4 Å². The molecule has 22 heavy (non-hydrogen) atoms. The van der Waals surface area contributed by atoms with E-state index in [1.165, 1.54) is 11.3 Å². The van der Waals surface area contributed by atoms with E-state index >= 15 is 0 Å². The first-order chi connectivity index (χ1) is 10.5. The second-order valence-electron chi connectivity index (χ2n) is 4.73. The van der Waals surface area contributed by atoms with Gasteiger partial charge in [0.05, 0.1) is 17.4 Å². The largest absolute Gasteiger partial charge is 0.346 e. The zero-order valence-corrected chi connectivity index (χ0v) is 13.2. The quantitative estimate of drug-likeness (QED) is 0.642. The first kappa shape index (κ1) is 14.6. The molecule has 6 nitrogen and oxygen atoms in total. The van der Waals surface area contributed by atoms with Crippen LogP contribution in [0.1, 0.15) is 21.1 Å². The lowest BCUT2D eigenvalue weighted by Crippen LogP contribution is -2.23. The minimum Gasteiger partial charge on any atom is -0.346 e. The second kappa shape index (κ2) is 5.82. The highest BCUT2D eigenvalue weighted by Crippen LogP contribution is 2.11. The molecule has 0 radical (unpaired) electrons. The monoisotopic (exact) mass is 332 g/mol. The smallest absolute Gasteiger partial charge is 0.259 e. The van der Waals surface area contributed by atoms with Crippen LogP contribution in [0.2, 0.25) is 0 Å². The van der Waals surface area contributed by atoms with Gasteiger partial charge in [0.2, 0.25) is 0 Å². The summed E-state index contributed by atoms with van der Waals surface area (Å²) in [7, 11) is 0. The summed E-state index contributed by atoms with van der Waals surface area (Å²) in [6.45, 7) is 2.28. The highest BCUT2D eigenvalue weighted by Gasteiger charge is 2.09. The van der Waals surface area contributed by atoms with E-state index in [4.69, 9.17) is 12.2 Å². The summed E-state index contributed by atoms with van der Waals surface area (Å²) >= 11 is 6.44. The number of aromatic amines is 2. The van der Waals surface area contributed by atoms with Crippen molar-refractivity contribution in [1.29, 1.82) is 0 Å². The highest BCUT2D eigenvalue weighted by atomic mass is 32.1. The summed E-state index contributed by atoms with van der Waals surface area (Å²) in [6, 6.07) is 4.82. The fourth-order valence-corrected chi connectivity index (χ4v) is 2.97. The average molecular weight is 332 g/mol. The number of hydrogen-bond acceptors (Lipinski definition) is 5. The molecule has 0 saturated carbocycles. The van der Waals surface area contributed by atoms with Crippen LogP contribution >= 0.6 is 23.6 Å². The number of aromatic nitrogens is 3. The number of H-pyrrole nitrogens is 2. The zero-order chi connectivity index (χ0) is 15.7. The van der Waals surface area contributed by atoms with E-state index in [-0.39, 0.29) is 16.2 Å². The summed E-state index contributed by atoms with van der Waals surface area (Å²) in [5.74, 6) is -0.227. The van der Waals surface area contributed by atoms with Gasteiger partial charge in [-0.2, -0.15) is 0 Å². The Morgan fingerprint density at radius 1 is 1.41 bits per heavy atom. The Kier molecular flexibility index (Phi) is 3.86. The summed E-state index contributed by atoms with van der Waals surface area (Å²) in [5.41, 5.74) is 1.65. The molecule has 3 N–H and O–H groups in total. The van der Waals surface area contributed by atoms with E-state index in [0.29, 0.717) is 23.0 Å². The van der Waals surface area contributed by atoms with Crippen molar-refractivity contribution in [1.82, 2.24) is 20.3 Å². The molecule has 0 aliphatic carbocycles. The van der Waals surface area contributed by atoms with Gasteiger partial charge < -0.3 is 10.3 Å². The van der Waals surface area contributed by atoms with Crippen LogP contribution in [0.15, 0.2) is 28.4 Å². The lowest BCUT2D eigenvalue weighted by molar-refractivity contribution is 0.0951. The van der Waals surface area contributed by atoms with Crippen LogP contribution in [-0.4, -0.2) is 20.9 Å². The molecular formula is C14H12N4O2S2. The molecular weight excluding hydrogens is 320 g/mol. The van der Waals surface area contributed by atoms with Crippen LogP contribution in [0.3, 0.4) is 0 Å². The van der Waals surface area contributed by atoms with Gasteiger partial charge in [-0.25, -0.2) is 4.98 Å². The molecule has 0 fully saturated rings. The number of rotatable bonds is 3. The SMILES string of the molecule is Cc1csc(CNC(=O)c2ccc3c(=O)[nH]c(=S)[nH]c3c2)n1. The van der Waals surface area contributed by atoms with Gasteiger partial charge in [0, 0.05) is 16.6 Å². The first-order valence-corrected chi connectivity index (χ1v) is 7.77. The van der Waals surface area contributed by atoms with Gasteiger partial charge in [-0.05, 0) is 37.3 Å². The minimum absolute atomic E-state index is 0.227. The normalized spacial score (nSPS) is 10.8. The minimum atomic E-state index is -0.274. The lowest BCUT2D eigenvalue weighted by Gasteiger charge is -2.04. The molecule has 0 atom stereocenters. The molecule has 0 aliphatic heterocycles. The van der Waals surface area contributed by atoms with Crippen molar-refractivity contribution in [3.05, 3.63) is 55.0 Å². The molecule has 0 saturated heterocycles. The van der Waals surface area contributed by atoms with Crippen molar-refractivity contribution in [2.24, 2.45) is 0 Å². The van der Waals surface area contributed by atoms with E-state index in [1.54, 1.807) is 18.2 Å². The first-order valence-electron chi connectivity index (χ1n) is 6.48. The highest BCUT2D eigenvalue weighted by molar-refractivity contribution is 7.71. The van der Waals surface area contributed by atoms with Crippen LogP contribution in [0, 0.1) is 11.7 Å². The molecule has 1 amide bonds. The van der Waals surface area contributed by atoms with E-state index in [9.17, 15) is 9.59 Å². The fourth-order valence-electron chi connectivity index (χ4n) is 2.05. The Balaban J connectivity index is 1.84. The van der Waals surface area contributed by atoms with Crippen LogP contribution in [-0.2, 0) is 6.54 Å². The molecule has 3 rings (SSSR count). The number of carbonyl (C=O) groups excluding carboxylic acids is 1. The molecule has 112 valence electrons. The Morgan fingerprint density at radius 2 is 2.23 bits per heavy atom. The van der Waals surface area contributed by atoms with Gasteiger partial charge >= 0.3 is 0 Å². The molecule has 8 heteroatoms. The molecule has 0 bridgehead atoms. The van der Waals surface area contributed by atoms with Crippen LogP contribution in [0.25, 0.3) is 10.9 Å². The van der Waals surface area contributed by atoms with Crippen LogP contribution in [0.5, 0.6) is 0 Å². The summed E-state index contributed by atoms with van der Waals surface area (Å²) < 4.78 is 0.230. The number of nitrogens with one attached hydrogen (secondary N) is 3. The van der Waals surface area contributed by atoms with E-state index < -0.39 is 0 Å². The standard InChI is InChI=1S/C14H12N4O2S2/c1-7-6-22-11(16-7)5-15-12(19)8-2-3-9-10(4-8)17-14(21)18-13(9)20/h2-4,6H,5H2,1H3,(H,15,19)(H2,17,18,20,21). The topological polar surface area (TPSA) is 90.6 Å². The zero-order valence-electron chi connectivity index (χ0n) is 11.6. The third kappa shape index (κ3) is 2.97. The number of amides is 1. The maximum absolute atomic E-state index is 12.2. The van der Waals surface area contributed by atoms with Gasteiger partial charge in [-0.1, -0.05) is 0 Å². The Bertz CT molecular complexity index is 971. The average Bonchev–Trinajstić information content (AvgIpc) is 2.89. The van der Waals surface area contributed by atoms with Gasteiger partial charge in [0.1, 0.15) is 5.01 Å². The molecule has 2 heterocycles. The number of fused-ring (bicyclic) bond motifs is 1. The third-order valence-corrected chi connectivity index (χ3v) is 4.24. The fraction of sp³-hybridized carbons (Fsp3) is 0.143. The number of hydrogen-bond donors (Lipinski definition) is 3. The van der Waals surface area contributed by atoms with Crippen LogP contribution < -0.4 is 10.9 Å². The van der Waals surface area contributed by atoms with Crippen molar-refractivity contribution in [2.45, 2.75) is 13.5 Å². The Hall–Kier alpha value is -2.32. The Labute approximate surface area is 134 Å². The van der Waals surface area contributed by atoms with Gasteiger partial charge in [-0.15, -0.1) is 11.3 Å². The maximum atomic E-state index is 12.2. The summed E-state index contributed by atoms with van der Waals surface area (Å²) in [5, 5.41) is 6.05. The van der Waals surface area contributed by atoms with Crippen molar-refractivity contribution in [3.63, 3.8) is 0 Å². The molecule has 2 aromatic heterocycles. The molecule has 0 spiro atoms. The molecule has 0 unspecified atom stereocenters. The number of thiazole rings is 1. The summed E-state index contributed by atoms with van der Waals surface area (Å²) in [6.07, 6.45) is 0. The molecule has 0 aliphatic rings. The Morgan fingerprint density at radius 3 is 2.95 bits per heavy atom. The van der Waals surface area contributed by atoms with Crippen molar-refractivity contribution < 1.29 is 4.79 Å².